The number of nitriles is 1. The summed E-state index contributed by atoms with van der Waals surface area (Å²) in [5.41, 5.74) is 1.51. The zero-order valence-corrected chi connectivity index (χ0v) is 9.68. The molecule has 0 aliphatic rings. The molecule has 0 aliphatic heterocycles. The molecule has 0 saturated carbocycles. The van der Waals surface area contributed by atoms with Crippen molar-refractivity contribution in [3.63, 3.8) is 0 Å². The van der Waals surface area contributed by atoms with Crippen molar-refractivity contribution in [1.29, 1.82) is 5.26 Å². The van der Waals surface area contributed by atoms with Gasteiger partial charge in [0.1, 0.15) is 0 Å². The topological polar surface area (TPSA) is 52.9 Å². The summed E-state index contributed by atoms with van der Waals surface area (Å²) < 4.78 is 0. The van der Waals surface area contributed by atoms with E-state index >= 15 is 0 Å². The van der Waals surface area contributed by atoms with E-state index in [1.165, 1.54) is 6.08 Å². The van der Waals surface area contributed by atoms with Crippen LogP contribution >= 0.6 is 0 Å². The Kier molecular flexibility index (Phi) is 5.26. The van der Waals surface area contributed by atoms with Crippen molar-refractivity contribution >= 4 is 5.91 Å². The number of carbonyl (C=O) groups excluding carboxylic acids is 1. The molecule has 0 aliphatic carbocycles. The smallest absolute Gasteiger partial charge is 0.244 e. The van der Waals surface area contributed by atoms with Gasteiger partial charge in [0, 0.05) is 12.6 Å². The predicted molar refractivity (Wildman–Crippen MR) is 67.0 cm³/mol. The maximum atomic E-state index is 11.3. The second-order valence-electron chi connectivity index (χ2n) is 3.41. The first-order valence-corrected chi connectivity index (χ1v) is 5.32. The lowest BCUT2D eigenvalue weighted by molar-refractivity contribution is -0.116. The third-order valence-electron chi connectivity index (χ3n) is 2.07. The highest BCUT2D eigenvalue weighted by molar-refractivity contribution is 5.87. The highest BCUT2D eigenvalue weighted by atomic mass is 16.1. The summed E-state index contributed by atoms with van der Waals surface area (Å²) in [6.07, 6.45) is 6.78. The van der Waals surface area contributed by atoms with E-state index in [4.69, 9.17) is 5.26 Å². The molecule has 0 spiro atoms. The van der Waals surface area contributed by atoms with Gasteiger partial charge >= 0.3 is 0 Å². The third-order valence-corrected chi connectivity index (χ3v) is 2.07. The maximum Gasteiger partial charge on any atom is 0.244 e. The SMILES string of the molecule is C/C=C/C=C/C(=O)NCc1cccc(C#N)c1. The number of hydrogen-bond acceptors (Lipinski definition) is 2. The average Bonchev–Trinajstić information content (AvgIpc) is 2.37. The van der Waals surface area contributed by atoms with Crippen LogP contribution in [0.4, 0.5) is 0 Å². The number of nitrogens with zero attached hydrogens (tertiary/aromatic N) is 1. The fourth-order valence-corrected chi connectivity index (χ4v) is 1.25. The Hall–Kier alpha value is -2.34. The van der Waals surface area contributed by atoms with Gasteiger partial charge in [-0.15, -0.1) is 0 Å². The molecular weight excluding hydrogens is 212 g/mol. The second-order valence-corrected chi connectivity index (χ2v) is 3.41. The van der Waals surface area contributed by atoms with Crippen molar-refractivity contribution in [3.8, 4) is 6.07 Å². The molecule has 86 valence electrons. The van der Waals surface area contributed by atoms with E-state index in [-0.39, 0.29) is 5.91 Å². The largest absolute Gasteiger partial charge is 0.348 e. The summed E-state index contributed by atoms with van der Waals surface area (Å²) in [6.45, 7) is 2.31. The molecule has 1 rings (SSSR count). The zero-order valence-electron chi connectivity index (χ0n) is 9.68. The minimum Gasteiger partial charge on any atom is -0.348 e. The van der Waals surface area contributed by atoms with Crippen LogP contribution in [0.1, 0.15) is 18.1 Å². The Morgan fingerprint density at radius 2 is 2.29 bits per heavy atom. The molecule has 3 heteroatoms. The van der Waals surface area contributed by atoms with Gasteiger partial charge in [-0.1, -0.05) is 30.4 Å². The van der Waals surface area contributed by atoms with Crippen molar-refractivity contribution in [2.45, 2.75) is 13.5 Å². The predicted octanol–water partition coefficient (Wildman–Crippen LogP) is 2.31. The number of hydrogen-bond donors (Lipinski definition) is 1. The van der Waals surface area contributed by atoms with Crippen LogP contribution < -0.4 is 5.32 Å². The van der Waals surface area contributed by atoms with Gasteiger partial charge in [0.05, 0.1) is 11.6 Å². The first-order valence-electron chi connectivity index (χ1n) is 5.32. The normalized spacial score (nSPS) is 10.6. The van der Waals surface area contributed by atoms with Gasteiger partial charge in [0.25, 0.3) is 0 Å². The first-order chi connectivity index (χ1) is 8.26. The molecule has 17 heavy (non-hydrogen) atoms. The Bertz CT molecular complexity index is 481. The van der Waals surface area contributed by atoms with E-state index in [2.05, 4.69) is 11.4 Å². The van der Waals surface area contributed by atoms with Gasteiger partial charge in [-0.2, -0.15) is 5.26 Å². The van der Waals surface area contributed by atoms with Crippen LogP contribution in [0.25, 0.3) is 0 Å². The second kappa shape index (κ2) is 7.02. The van der Waals surface area contributed by atoms with Crippen molar-refractivity contribution in [3.05, 3.63) is 59.7 Å². The van der Waals surface area contributed by atoms with Crippen LogP contribution in [-0.4, -0.2) is 5.91 Å². The summed E-state index contributed by atoms with van der Waals surface area (Å²) in [6, 6.07) is 9.23. The molecule has 0 saturated heterocycles. The average molecular weight is 226 g/mol. The molecule has 1 aromatic rings. The van der Waals surface area contributed by atoms with Crippen molar-refractivity contribution < 1.29 is 4.79 Å². The Balaban J connectivity index is 2.50. The van der Waals surface area contributed by atoms with Gasteiger partial charge in [0.15, 0.2) is 0 Å². The zero-order chi connectivity index (χ0) is 12.5. The molecule has 1 aromatic carbocycles. The molecule has 0 heterocycles. The molecule has 0 bridgehead atoms. The quantitative estimate of drug-likeness (QED) is 0.632. The molecule has 1 N–H and O–H groups in total. The number of amides is 1. The Labute approximate surface area is 101 Å². The van der Waals surface area contributed by atoms with E-state index in [0.29, 0.717) is 12.1 Å². The minimum atomic E-state index is -0.148. The lowest BCUT2D eigenvalue weighted by Gasteiger charge is -2.02. The first kappa shape index (κ1) is 12.7. The van der Waals surface area contributed by atoms with E-state index in [1.807, 2.05) is 19.1 Å². The van der Waals surface area contributed by atoms with Crippen molar-refractivity contribution in [2.24, 2.45) is 0 Å². The van der Waals surface area contributed by atoms with Gasteiger partial charge in [-0.3, -0.25) is 4.79 Å². The van der Waals surface area contributed by atoms with Crippen molar-refractivity contribution in [1.82, 2.24) is 5.32 Å². The van der Waals surface area contributed by atoms with E-state index in [1.54, 1.807) is 30.4 Å². The number of rotatable bonds is 4. The fraction of sp³-hybridized carbons (Fsp3) is 0.143. The van der Waals surface area contributed by atoms with Crippen LogP contribution in [0.2, 0.25) is 0 Å². The minimum absolute atomic E-state index is 0.148. The molecule has 1 amide bonds. The molecule has 0 aromatic heterocycles. The number of nitrogens with one attached hydrogen (secondary N) is 1. The molecular formula is C14H14N2O. The standard InChI is InChI=1S/C14H14N2O/c1-2-3-4-8-14(17)16-11-13-7-5-6-12(9-13)10-15/h2-9H,11H2,1H3,(H,16,17)/b3-2+,8-4+. The molecule has 0 radical (unpaired) electrons. The monoisotopic (exact) mass is 226 g/mol. The summed E-state index contributed by atoms with van der Waals surface area (Å²) in [4.78, 5) is 11.3. The summed E-state index contributed by atoms with van der Waals surface area (Å²) in [7, 11) is 0. The third kappa shape index (κ3) is 4.80. The Morgan fingerprint density at radius 3 is 3.00 bits per heavy atom. The molecule has 0 fully saturated rings. The highest BCUT2D eigenvalue weighted by Crippen LogP contribution is 2.03. The number of carbonyl (C=O) groups is 1. The van der Waals surface area contributed by atoms with Gasteiger partial charge in [-0.25, -0.2) is 0 Å². The molecule has 0 unspecified atom stereocenters. The van der Waals surface area contributed by atoms with Gasteiger partial charge < -0.3 is 5.32 Å². The lowest BCUT2D eigenvalue weighted by atomic mass is 10.1. The van der Waals surface area contributed by atoms with Gasteiger partial charge in [0.2, 0.25) is 5.91 Å². The Morgan fingerprint density at radius 1 is 1.47 bits per heavy atom. The van der Waals surface area contributed by atoms with Crippen LogP contribution in [0.3, 0.4) is 0 Å². The van der Waals surface area contributed by atoms with Crippen LogP contribution in [0.5, 0.6) is 0 Å². The van der Waals surface area contributed by atoms with E-state index in [0.717, 1.165) is 5.56 Å². The summed E-state index contributed by atoms with van der Waals surface area (Å²) in [5.74, 6) is -0.148. The summed E-state index contributed by atoms with van der Waals surface area (Å²) in [5, 5.41) is 11.5. The summed E-state index contributed by atoms with van der Waals surface area (Å²) >= 11 is 0. The van der Waals surface area contributed by atoms with E-state index < -0.39 is 0 Å². The van der Waals surface area contributed by atoms with Crippen molar-refractivity contribution in [2.75, 3.05) is 0 Å². The molecule has 3 nitrogen and oxygen atoms in total. The van der Waals surface area contributed by atoms with Crippen LogP contribution in [0.15, 0.2) is 48.6 Å². The van der Waals surface area contributed by atoms with E-state index in [9.17, 15) is 4.79 Å². The fourth-order valence-electron chi connectivity index (χ4n) is 1.25. The lowest BCUT2D eigenvalue weighted by Crippen LogP contribution is -2.20. The highest BCUT2D eigenvalue weighted by Gasteiger charge is 1.97. The van der Waals surface area contributed by atoms with Gasteiger partial charge in [-0.05, 0) is 24.6 Å². The van der Waals surface area contributed by atoms with Crippen LogP contribution in [0, 0.1) is 11.3 Å². The molecule has 0 atom stereocenters. The number of allylic oxidation sites excluding steroid dienone is 3. The van der Waals surface area contributed by atoms with Crippen LogP contribution in [-0.2, 0) is 11.3 Å². The maximum absolute atomic E-state index is 11.3. The number of benzene rings is 1.